The molecule has 29 heavy (non-hydrogen) atoms. The fraction of sp³-hybridized carbons (Fsp3) is 0.136. The lowest BCUT2D eigenvalue weighted by Gasteiger charge is -2.11. The van der Waals surface area contributed by atoms with Gasteiger partial charge in [0.25, 0.3) is 11.8 Å². The molecule has 146 valence electrons. The van der Waals surface area contributed by atoms with Crippen LogP contribution in [0.1, 0.15) is 25.6 Å². The van der Waals surface area contributed by atoms with Gasteiger partial charge in [-0.15, -0.1) is 22.7 Å². The highest BCUT2D eigenvalue weighted by Crippen LogP contribution is 2.34. The number of carbonyl (C=O) groups excluding carboxylic acids is 2. The molecule has 0 unspecified atom stereocenters. The Morgan fingerprint density at radius 3 is 2.62 bits per heavy atom. The van der Waals surface area contributed by atoms with Gasteiger partial charge in [0.2, 0.25) is 0 Å². The summed E-state index contributed by atoms with van der Waals surface area (Å²) in [6.07, 6.45) is 0. The van der Waals surface area contributed by atoms with Crippen LogP contribution in [0.3, 0.4) is 0 Å². The standard InChI is InChI=1S/C22H19N3O2S2/c1-25(2)22(27)15-7-5-6-14(12-15)13-23-20(26)18-10-11-19(28-18)21-24-16-8-3-4-9-17(16)29-21/h3-12H,13H2,1-2H3,(H,23,26). The molecule has 1 N–H and O–H groups in total. The van der Waals surface area contributed by atoms with Crippen LogP contribution in [-0.4, -0.2) is 35.8 Å². The molecule has 5 nitrogen and oxygen atoms in total. The first kappa shape index (κ1) is 19.3. The zero-order chi connectivity index (χ0) is 20.4. The van der Waals surface area contributed by atoms with Crippen molar-refractivity contribution in [3.63, 3.8) is 0 Å². The van der Waals surface area contributed by atoms with Gasteiger partial charge in [-0.3, -0.25) is 9.59 Å². The van der Waals surface area contributed by atoms with Crippen molar-refractivity contribution < 1.29 is 9.59 Å². The Bertz CT molecular complexity index is 1160. The molecule has 0 saturated heterocycles. The highest BCUT2D eigenvalue weighted by molar-refractivity contribution is 7.26. The molecule has 7 heteroatoms. The summed E-state index contributed by atoms with van der Waals surface area (Å²) in [6, 6.07) is 19.1. The Balaban J connectivity index is 1.45. The number of para-hydroxylation sites is 1. The lowest BCUT2D eigenvalue weighted by molar-refractivity contribution is 0.0827. The van der Waals surface area contributed by atoms with E-state index in [9.17, 15) is 9.59 Å². The van der Waals surface area contributed by atoms with Gasteiger partial charge in [-0.25, -0.2) is 4.98 Å². The zero-order valence-corrected chi connectivity index (χ0v) is 17.6. The first-order valence-corrected chi connectivity index (χ1v) is 10.7. The zero-order valence-electron chi connectivity index (χ0n) is 16.0. The maximum atomic E-state index is 12.6. The molecule has 2 amide bonds. The van der Waals surface area contributed by atoms with Crippen LogP contribution in [0.5, 0.6) is 0 Å². The van der Waals surface area contributed by atoms with Crippen molar-refractivity contribution in [1.29, 1.82) is 0 Å². The highest BCUT2D eigenvalue weighted by atomic mass is 32.1. The molecule has 0 aliphatic heterocycles. The molecule has 0 fully saturated rings. The summed E-state index contributed by atoms with van der Waals surface area (Å²) in [5.74, 6) is -0.191. The fourth-order valence-electron chi connectivity index (χ4n) is 2.89. The van der Waals surface area contributed by atoms with E-state index in [1.54, 1.807) is 31.5 Å². The summed E-state index contributed by atoms with van der Waals surface area (Å²) in [7, 11) is 3.44. The van der Waals surface area contributed by atoms with Gasteiger partial charge in [0, 0.05) is 26.2 Å². The van der Waals surface area contributed by atoms with Crippen molar-refractivity contribution in [1.82, 2.24) is 15.2 Å². The number of hydrogen-bond donors (Lipinski definition) is 1. The Morgan fingerprint density at radius 2 is 1.83 bits per heavy atom. The number of fused-ring (bicyclic) bond motifs is 1. The molecule has 0 aliphatic rings. The largest absolute Gasteiger partial charge is 0.347 e. The van der Waals surface area contributed by atoms with E-state index in [-0.39, 0.29) is 11.8 Å². The summed E-state index contributed by atoms with van der Waals surface area (Å²) < 4.78 is 1.13. The Morgan fingerprint density at radius 1 is 1.00 bits per heavy atom. The van der Waals surface area contributed by atoms with Crippen LogP contribution < -0.4 is 5.32 Å². The van der Waals surface area contributed by atoms with Crippen LogP contribution >= 0.6 is 22.7 Å². The molecule has 0 aliphatic carbocycles. The number of nitrogens with one attached hydrogen (secondary N) is 1. The number of aromatic nitrogens is 1. The minimum Gasteiger partial charge on any atom is -0.347 e. The van der Waals surface area contributed by atoms with Gasteiger partial charge < -0.3 is 10.2 Å². The molecule has 0 bridgehead atoms. The molecule has 2 aromatic carbocycles. The van der Waals surface area contributed by atoms with Crippen LogP contribution in [0.4, 0.5) is 0 Å². The van der Waals surface area contributed by atoms with Gasteiger partial charge in [-0.2, -0.15) is 0 Å². The molecule has 0 saturated carbocycles. The van der Waals surface area contributed by atoms with Crippen LogP contribution in [0.25, 0.3) is 20.1 Å². The van der Waals surface area contributed by atoms with Gasteiger partial charge in [-0.1, -0.05) is 24.3 Å². The van der Waals surface area contributed by atoms with Gasteiger partial charge in [0.05, 0.1) is 20.0 Å². The summed E-state index contributed by atoms with van der Waals surface area (Å²) in [4.78, 5) is 32.5. The normalized spacial score (nSPS) is 10.8. The SMILES string of the molecule is CN(C)C(=O)c1cccc(CNC(=O)c2ccc(-c3nc4ccccc4s3)s2)c1. The first-order chi connectivity index (χ1) is 14.0. The number of carbonyl (C=O) groups is 2. The van der Waals surface area contributed by atoms with E-state index in [4.69, 9.17) is 0 Å². The minimum absolute atomic E-state index is 0.0584. The molecule has 2 heterocycles. The van der Waals surface area contributed by atoms with Crippen molar-refractivity contribution in [2.45, 2.75) is 6.54 Å². The predicted octanol–water partition coefficient (Wildman–Crippen LogP) is 4.66. The van der Waals surface area contributed by atoms with Crippen molar-refractivity contribution in [2.24, 2.45) is 0 Å². The maximum Gasteiger partial charge on any atom is 0.261 e. The molecule has 4 rings (SSSR count). The number of benzene rings is 2. The first-order valence-electron chi connectivity index (χ1n) is 9.06. The number of rotatable bonds is 5. The molecular formula is C22H19N3O2S2. The van der Waals surface area contributed by atoms with E-state index in [1.165, 1.54) is 16.2 Å². The van der Waals surface area contributed by atoms with E-state index < -0.39 is 0 Å². The molecule has 0 atom stereocenters. The number of nitrogens with zero attached hydrogens (tertiary/aromatic N) is 2. The number of thiazole rings is 1. The lowest BCUT2D eigenvalue weighted by Crippen LogP contribution is -2.23. The lowest BCUT2D eigenvalue weighted by atomic mass is 10.1. The van der Waals surface area contributed by atoms with Crippen molar-refractivity contribution >= 4 is 44.7 Å². The second-order valence-corrected chi connectivity index (χ2v) is 8.85. The third kappa shape index (κ3) is 4.21. The van der Waals surface area contributed by atoms with Crippen LogP contribution in [0.2, 0.25) is 0 Å². The number of thiophene rings is 1. The summed E-state index contributed by atoms with van der Waals surface area (Å²) in [6.45, 7) is 0.363. The topological polar surface area (TPSA) is 62.3 Å². The number of hydrogen-bond acceptors (Lipinski definition) is 5. The minimum atomic E-state index is -0.133. The van der Waals surface area contributed by atoms with Crippen molar-refractivity contribution in [3.8, 4) is 9.88 Å². The van der Waals surface area contributed by atoms with Crippen molar-refractivity contribution in [3.05, 3.63) is 76.7 Å². The smallest absolute Gasteiger partial charge is 0.261 e. The second kappa shape index (κ2) is 8.14. The van der Waals surface area contributed by atoms with Crippen LogP contribution in [-0.2, 0) is 6.54 Å². The molecule has 0 spiro atoms. The summed E-state index contributed by atoms with van der Waals surface area (Å²) in [5, 5.41) is 3.85. The van der Waals surface area contributed by atoms with Gasteiger partial charge in [-0.05, 0) is 42.0 Å². The number of amides is 2. The van der Waals surface area contributed by atoms with Gasteiger partial charge in [0.15, 0.2) is 0 Å². The average Bonchev–Trinajstić information content (AvgIpc) is 3.38. The molecule has 2 aromatic heterocycles. The van der Waals surface area contributed by atoms with Crippen LogP contribution in [0.15, 0.2) is 60.7 Å². The quantitative estimate of drug-likeness (QED) is 0.510. The Kier molecular flexibility index (Phi) is 5.42. The van der Waals surface area contributed by atoms with E-state index in [0.29, 0.717) is 17.0 Å². The third-order valence-electron chi connectivity index (χ3n) is 4.37. The van der Waals surface area contributed by atoms with Gasteiger partial charge >= 0.3 is 0 Å². The molecule has 4 aromatic rings. The van der Waals surface area contributed by atoms with E-state index >= 15 is 0 Å². The van der Waals surface area contributed by atoms with Crippen LogP contribution in [0, 0.1) is 0 Å². The van der Waals surface area contributed by atoms with E-state index in [1.807, 2.05) is 54.6 Å². The monoisotopic (exact) mass is 421 g/mol. The summed E-state index contributed by atoms with van der Waals surface area (Å²) >= 11 is 3.06. The van der Waals surface area contributed by atoms with E-state index in [0.717, 1.165) is 25.7 Å². The van der Waals surface area contributed by atoms with Crippen molar-refractivity contribution in [2.75, 3.05) is 14.1 Å². The fourth-order valence-corrected chi connectivity index (χ4v) is 4.84. The average molecular weight is 422 g/mol. The molecular weight excluding hydrogens is 402 g/mol. The predicted molar refractivity (Wildman–Crippen MR) is 119 cm³/mol. The van der Waals surface area contributed by atoms with E-state index in [2.05, 4.69) is 10.3 Å². The Labute approximate surface area is 176 Å². The molecule has 0 radical (unpaired) electrons. The Hall–Kier alpha value is -3.03. The third-order valence-corrected chi connectivity index (χ3v) is 6.66. The maximum absolute atomic E-state index is 12.6. The second-order valence-electron chi connectivity index (χ2n) is 6.73. The van der Waals surface area contributed by atoms with Gasteiger partial charge in [0.1, 0.15) is 5.01 Å². The summed E-state index contributed by atoms with van der Waals surface area (Å²) in [5.41, 5.74) is 2.46. The highest BCUT2D eigenvalue weighted by Gasteiger charge is 2.14.